The van der Waals surface area contributed by atoms with Gasteiger partial charge in [0.15, 0.2) is 18.2 Å². The minimum absolute atomic E-state index is 0.0413. The van der Waals surface area contributed by atoms with Gasteiger partial charge in [-0.3, -0.25) is 9.59 Å². The molecule has 5 nitrogen and oxygen atoms in total. The summed E-state index contributed by atoms with van der Waals surface area (Å²) in [5, 5.41) is 0.682. The molecule has 0 saturated carbocycles. The third-order valence-corrected chi connectivity index (χ3v) is 5.12. The average molecular weight is 435 g/mol. The fraction of sp³-hybridized carbons (Fsp3) is 0.120. The van der Waals surface area contributed by atoms with Crippen LogP contribution in [0.15, 0.2) is 75.9 Å². The van der Waals surface area contributed by atoms with Crippen LogP contribution in [0.4, 0.5) is 0 Å². The Kier molecular flexibility index (Phi) is 5.78. The second-order valence-corrected chi connectivity index (χ2v) is 7.47. The van der Waals surface area contributed by atoms with Gasteiger partial charge >= 0.3 is 0 Å². The highest BCUT2D eigenvalue weighted by atomic mass is 35.5. The second kappa shape index (κ2) is 8.66. The summed E-state index contributed by atoms with van der Waals surface area (Å²) in [7, 11) is 1.57. The van der Waals surface area contributed by atoms with Crippen LogP contribution >= 0.6 is 11.6 Å². The first-order valence-corrected chi connectivity index (χ1v) is 9.97. The van der Waals surface area contributed by atoms with Gasteiger partial charge in [0.05, 0.1) is 12.5 Å². The molecule has 1 aromatic heterocycles. The minimum Gasteiger partial charge on any atom is -0.497 e. The molecule has 4 rings (SSSR count). The number of hydrogen-bond acceptors (Lipinski definition) is 5. The molecule has 4 aromatic rings. The van der Waals surface area contributed by atoms with E-state index in [1.54, 1.807) is 55.6 Å². The van der Waals surface area contributed by atoms with Crippen LogP contribution < -0.4 is 14.9 Å². The molecule has 0 aliphatic heterocycles. The zero-order valence-electron chi connectivity index (χ0n) is 17.0. The lowest BCUT2D eigenvalue weighted by atomic mass is 10.1. The molecule has 3 aromatic carbocycles. The molecule has 0 fully saturated rings. The molecular formula is C25H19ClO5. The number of ether oxygens (including phenoxy) is 2. The highest BCUT2D eigenvalue weighted by Gasteiger charge is 2.19. The van der Waals surface area contributed by atoms with Crippen molar-refractivity contribution in [1.82, 2.24) is 0 Å². The summed E-state index contributed by atoms with van der Waals surface area (Å²) in [4.78, 5) is 25.8. The van der Waals surface area contributed by atoms with E-state index in [0.29, 0.717) is 27.5 Å². The van der Waals surface area contributed by atoms with Crippen molar-refractivity contribution >= 4 is 28.4 Å². The highest BCUT2D eigenvalue weighted by molar-refractivity contribution is 6.31. The van der Waals surface area contributed by atoms with Crippen molar-refractivity contribution in [2.75, 3.05) is 13.7 Å². The number of Topliss-reactive ketones (excluding diaryl/α,β-unsaturated/α-hetero) is 1. The van der Waals surface area contributed by atoms with Gasteiger partial charge in [-0.2, -0.15) is 0 Å². The first-order chi connectivity index (χ1) is 15.0. The molecule has 0 aliphatic carbocycles. The topological polar surface area (TPSA) is 65.7 Å². The zero-order valence-corrected chi connectivity index (χ0v) is 17.7. The lowest BCUT2D eigenvalue weighted by molar-refractivity contribution is 0.0920. The van der Waals surface area contributed by atoms with Gasteiger partial charge in [-0.05, 0) is 49.4 Å². The zero-order chi connectivity index (χ0) is 22.0. The van der Waals surface area contributed by atoms with E-state index in [4.69, 9.17) is 25.5 Å². The predicted molar refractivity (Wildman–Crippen MR) is 120 cm³/mol. The third-order valence-electron chi connectivity index (χ3n) is 4.88. The molecule has 1 heterocycles. The fourth-order valence-corrected chi connectivity index (χ4v) is 3.35. The standard InChI is InChI=1S/C25H19ClO5/c1-15-3-5-16(6-4-15)21(27)14-30-25-23(28)20-13-18(26)9-12-22(20)31-24(25)17-7-10-19(29-2)11-8-17/h3-13H,14H2,1-2H3. The van der Waals surface area contributed by atoms with Crippen molar-refractivity contribution in [3.05, 3.63) is 93.1 Å². The third kappa shape index (κ3) is 4.32. The van der Waals surface area contributed by atoms with Crippen LogP contribution in [-0.4, -0.2) is 19.5 Å². The molecule has 0 atom stereocenters. The van der Waals surface area contributed by atoms with Crippen LogP contribution in [0.5, 0.6) is 11.5 Å². The Morgan fingerprint density at radius 1 is 1.00 bits per heavy atom. The summed E-state index contributed by atoms with van der Waals surface area (Å²) < 4.78 is 16.9. The molecule has 0 bridgehead atoms. The number of aryl methyl sites for hydroxylation is 1. The van der Waals surface area contributed by atoms with Gasteiger partial charge in [-0.25, -0.2) is 0 Å². The highest BCUT2D eigenvalue weighted by Crippen LogP contribution is 2.32. The minimum atomic E-state index is -0.397. The van der Waals surface area contributed by atoms with E-state index in [0.717, 1.165) is 5.56 Å². The van der Waals surface area contributed by atoms with E-state index in [-0.39, 0.29) is 29.3 Å². The van der Waals surface area contributed by atoms with E-state index in [1.807, 2.05) is 19.1 Å². The molecule has 0 N–H and O–H groups in total. The van der Waals surface area contributed by atoms with Gasteiger partial charge in [-0.1, -0.05) is 41.4 Å². The first kappa shape index (κ1) is 20.7. The summed E-state index contributed by atoms with van der Waals surface area (Å²) in [5.41, 5.74) is 2.15. The Morgan fingerprint density at radius 2 is 1.71 bits per heavy atom. The number of hydrogen-bond donors (Lipinski definition) is 0. The number of methoxy groups -OCH3 is 1. The van der Waals surface area contributed by atoms with Gasteiger partial charge < -0.3 is 13.9 Å². The maximum absolute atomic E-state index is 13.2. The SMILES string of the molecule is COc1ccc(-c2oc3ccc(Cl)cc3c(=O)c2OCC(=O)c2ccc(C)cc2)cc1. The molecule has 0 amide bonds. The van der Waals surface area contributed by atoms with Gasteiger partial charge in [0.2, 0.25) is 11.2 Å². The molecule has 6 heteroatoms. The maximum atomic E-state index is 13.2. The monoisotopic (exact) mass is 434 g/mol. The van der Waals surface area contributed by atoms with Crippen molar-refractivity contribution in [3.8, 4) is 22.8 Å². The van der Waals surface area contributed by atoms with Crippen molar-refractivity contribution in [1.29, 1.82) is 0 Å². The number of ketones is 1. The van der Waals surface area contributed by atoms with Crippen LogP contribution in [0, 0.1) is 6.92 Å². The predicted octanol–water partition coefficient (Wildman–Crippen LogP) is 5.69. The van der Waals surface area contributed by atoms with E-state index in [2.05, 4.69) is 0 Å². The molecule has 31 heavy (non-hydrogen) atoms. The van der Waals surface area contributed by atoms with E-state index >= 15 is 0 Å². The smallest absolute Gasteiger partial charge is 0.235 e. The Hall–Kier alpha value is -3.57. The number of rotatable bonds is 6. The van der Waals surface area contributed by atoms with Crippen molar-refractivity contribution < 1.29 is 18.7 Å². The molecule has 0 saturated heterocycles. The molecule has 0 spiro atoms. The quantitative estimate of drug-likeness (QED) is 0.364. The fourth-order valence-electron chi connectivity index (χ4n) is 3.17. The number of halogens is 1. The summed E-state index contributed by atoms with van der Waals surface area (Å²) in [5.74, 6) is 0.613. The Bertz CT molecular complexity index is 1310. The lowest BCUT2D eigenvalue weighted by Gasteiger charge is -2.12. The van der Waals surface area contributed by atoms with Gasteiger partial charge in [0.1, 0.15) is 11.3 Å². The number of carbonyl (C=O) groups excluding carboxylic acids is 1. The number of carbonyl (C=O) groups is 1. The summed E-state index contributed by atoms with van der Waals surface area (Å²) in [6, 6.07) is 19.0. The van der Waals surface area contributed by atoms with Gasteiger partial charge in [0.25, 0.3) is 0 Å². The maximum Gasteiger partial charge on any atom is 0.235 e. The van der Waals surface area contributed by atoms with Crippen LogP contribution in [0.1, 0.15) is 15.9 Å². The molecule has 0 radical (unpaired) electrons. The van der Waals surface area contributed by atoms with Crippen molar-refractivity contribution in [3.63, 3.8) is 0 Å². The molecule has 156 valence electrons. The number of benzene rings is 3. The second-order valence-electron chi connectivity index (χ2n) is 7.04. The van der Waals surface area contributed by atoms with Crippen molar-refractivity contribution in [2.24, 2.45) is 0 Å². The Labute approximate surface area is 183 Å². The Balaban J connectivity index is 1.77. The van der Waals surface area contributed by atoms with E-state index in [1.165, 1.54) is 6.07 Å². The summed E-state index contributed by atoms with van der Waals surface area (Å²) in [6.07, 6.45) is 0. The van der Waals surface area contributed by atoms with E-state index < -0.39 is 5.43 Å². The lowest BCUT2D eigenvalue weighted by Crippen LogP contribution is -2.17. The molecule has 0 unspecified atom stereocenters. The normalized spacial score (nSPS) is 10.8. The number of fused-ring (bicyclic) bond motifs is 1. The van der Waals surface area contributed by atoms with E-state index in [9.17, 15) is 9.59 Å². The van der Waals surface area contributed by atoms with Gasteiger partial charge in [0, 0.05) is 16.1 Å². The van der Waals surface area contributed by atoms with Crippen LogP contribution in [0.3, 0.4) is 0 Å². The van der Waals surface area contributed by atoms with Crippen LogP contribution in [0.2, 0.25) is 5.02 Å². The van der Waals surface area contributed by atoms with Crippen LogP contribution in [-0.2, 0) is 0 Å². The Morgan fingerprint density at radius 3 is 2.39 bits per heavy atom. The first-order valence-electron chi connectivity index (χ1n) is 9.59. The molecular weight excluding hydrogens is 416 g/mol. The summed E-state index contributed by atoms with van der Waals surface area (Å²) >= 11 is 6.06. The molecule has 0 aliphatic rings. The average Bonchev–Trinajstić information content (AvgIpc) is 2.79. The van der Waals surface area contributed by atoms with Crippen molar-refractivity contribution in [2.45, 2.75) is 6.92 Å². The summed E-state index contributed by atoms with van der Waals surface area (Å²) in [6.45, 7) is 1.64. The van der Waals surface area contributed by atoms with Gasteiger partial charge in [-0.15, -0.1) is 0 Å². The largest absolute Gasteiger partial charge is 0.497 e. The van der Waals surface area contributed by atoms with Crippen LogP contribution in [0.25, 0.3) is 22.3 Å².